The molecule has 0 radical (unpaired) electrons. The molecule has 3 heterocycles. The number of rotatable bonds is 4. The van der Waals surface area contributed by atoms with Crippen LogP contribution < -0.4 is 0 Å². The third-order valence-electron chi connectivity index (χ3n) is 6.85. The number of carbonyl (C=O) groups excluding carboxylic acids is 1. The van der Waals surface area contributed by atoms with Crippen molar-refractivity contribution in [3.63, 3.8) is 0 Å². The molecule has 0 N–H and O–H groups in total. The summed E-state index contributed by atoms with van der Waals surface area (Å²) in [7, 11) is 0. The van der Waals surface area contributed by atoms with E-state index in [2.05, 4.69) is 36.9 Å². The number of amides is 1. The van der Waals surface area contributed by atoms with Crippen LogP contribution in [0.15, 0.2) is 54.7 Å². The van der Waals surface area contributed by atoms with E-state index in [9.17, 15) is 4.79 Å². The van der Waals surface area contributed by atoms with Crippen LogP contribution in [0.3, 0.4) is 0 Å². The van der Waals surface area contributed by atoms with Crippen molar-refractivity contribution >= 4 is 5.91 Å². The van der Waals surface area contributed by atoms with E-state index in [1.165, 1.54) is 37.1 Å². The number of hydrogen-bond donors (Lipinski definition) is 0. The van der Waals surface area contributed by atoms with Gasteiger partial charge in [0.2, 0.25) is 0 Å². The molecule has 31 heavy (non-hydrogen) atoms. The van der Waals surface area contributed by atoms with Gasteiger partial charge in [-0.25, -0.2) is 4.68 Å². The fourth-order valence-corrected chi connectivity index (χ4v) is 4.85. The molecule has 0 saturated carbocycles. The molecule has 1 atom stereocenters. The van der Waals surface area contributed by atoms with Crippen LogP contribution in [0.1, 0.15) is 40.7 Å². The van der Waals surface area contributed by atoms with Crippen molar-refractivity contribution in [3.05, 3.63) is 71.4 Å². The van der Waals surface area contributed by atoms with Crippen LogP contribution in [-0.2, 0) is 0 Å². The quantitative estimate of drug-likeness (QED) is 0.633. The van der Waals surface area contributed by atoms with Crippen molar-refractivity contribution in [2.45, 2.75) is 39.2 Å². The Morgan fingerprint density at radius 1 is 0.968 bits per heavy atom. The van der Waals surface area contributed by atoms with E-state index in [-0.39, 0.29) is 5.91 Å². The molecule has 2 aliphatic rings. The fraction of sp³-hybridized carbons (Fsp3) is 0.385. The molecule has 160 valence electrons. The fourth-order valence-electron chi connectivity index (χ4n) is 4.85. The molecule has 3 aromatic rings. The Hall–Kier alpha value is -2.92. The van der Waals surface area contributed by atoms with Gasteiger partial charge in [-0.15, -0.1) is 0 Å². The SMILES string of the molecule is Cc1ccc(-c2nn(-c3ccccc3)cc2C(=O)N2CCC(N3CCCC3)C2)cc1C. The average Bonchev–Trinajstić information content (AvgIpc) is 3.55. The van der Waals surface area contributed by atoms with Crippen molar-refractivity contribution in [3.8, 4) is 16.9 Å². The molecule has 2 aliphatic heterocycles. The second kappa shape index (κ2) is 8.31. The van der Waals surface area contributed by atoms with Crippen LogP contribution >= 0.6 is 0 Å². The zero-order valence-corrected chi connectivity index (χ0v) is 18.4. The van der Waals surface area contributed by atoms with Crippen molar-refractivity contribution in [2.24, 2.45) is 0 Å². The lowest BCUT2D eigenvalue weighted by atomic mass is 10.0. The van der Waals surface area contributed by atoms with Gasteiger partial charge in [0.05, 0.1) is 11.3 Å². The van der Waals surface area contributed by atoms with Crippen LogP contribution in [0.2, 0.25) is 0 Å². The molecule has 2 fully saturated rings. The van der Waals surface area contributed by atoms with E-state index < -0.39 is 0 Å². The Bertz CT molecular complexity index is 1080. The number of likely N-dealkylation sites (tertiary alicyclic amines) is 2. The van der Waals surface area contributed by atoms with Gasteiger partial charge < -0.3 is 4.90 Å². The van der Waals surface area contributed by atoms with E-state index in [0.717, 1.165) is 36.5 Å². The molecule has 1 aromatic heterocycles. The van der Waals surface area contributed by atoms with Gasteiger partial charge in [0.1, 0.15) is 5.69 Å². The van der Waals surface area contributed by atoms with Crippen molar-refractivity contribution in [2.75, 3.05) is 26.2 Å². The maximum absolute atomic E-state index is 13.7. The minimum absolute atomic E-state index is 0.0945. The van der Waals surface area contributed by atoms with Crippen molar-refractivity contribution in [1.29, 1.82) is 0 Å². The van der Waals surface area contributed by atoms with Crippen LogP contribution in [0, 0.1) is 13.8 Å². The van der Waals surface area contributed by atoms with E-state index in [0.29, 0.717) is 11.6 Å². The largest absolute Gasteiger partial charge is 0.337 e. The number of aryl methyl sites for hydroxylation is 2. The molecule has 5 nitrogen and oxygen atoms in total. The predicted octanol–water partition coefficient (Wildman–Crippen LogP) is 4.47. The molecule has 0 bridgehead atoms. The number of carbonyl (C=O) groups is 1. The summed E-state index contributed by atoms with van der Waals surface area (Å²) < 4.78 is 1.84. The zero-order valence-electron chi connectivity index (χ0n) is 18.4. The molecule has 1 unspecified atom stereocenters. The van der Waals surface area contributed by atoms with Gasteiger partial charge in [-0.1, -0.05) is 30.3 Å². The summed E-state index contributed by atoms with van der Waals surface area (Å²) in [5.41, 5.74) is 5.86. The number of para-hydroxylation sites is 1. The molecular weight excluding hydrogens is 384 g/mol. The third-order valence-corrected chi connectivity index (χ3v) is 6.85. The van der Waals surface area contributed by atoms with Crippen LogP contribution in [-0.4, -0.2) is 57.7 Å². The Morgan fingerprint density at radius 2 is 1.74 bits per heavy atom. The predicted molar refractivity (Wildman–Crippen MR) is 124 cm³/mol. The summed E-state index contributed by atoms with van der Waals surface area (Å²) in [6.07, 6.45) is 5.54. The molecule has 0 spiro atoms. The lowest BCUT2D eigenvalue weighted by Crippen LogP contribution is -2.37. The van der Waals surface area contributed by atoms with Crippen LogP contribution in [0.5, 0.6) is 0 Å². The van der Waals surface area contributed by atoms with E-state index in [1.807, 2.05) is 46.1 Å². The third kappa shape index (κ3) is 3.90. The van der Waals surface area contributed by atoms with Gasteiger partial charge in [-0.3, -0.25) is 9.69 Å². The highest BCUT2D eigenvalue weighted by Crippen LogP contribution is 2.29. The van der Waals surface area contributed by atoms with E-state index in [1.54, 1.807) is 0 Å². The highest BCUT2D eigenvalue weighted by Gasteiger charge is 2.33. The molecule has 5 heteroatoms. The maximum atomic E-state index is 13.7. The smallest absolute Gasteiger partial charge is 0.257 e. The van der Waals surface area contributed by atoms with Gasteiger partial charge in [0, 0.05) is 30.9 Å². The molecule has 1 amide bonds. The minimum atomic E-state index is 0.0945. The first-order valence-corrected chi connectivity index (χ1v) is 11.4. The summed E-state index contributed by atoms with van der Waals surface area (Å²) in [5, 5.41) is 4.87. The molecule has 2 saturated heterocycles. The van der Waals surface area contributed by atoms with Gasteiger partial charge in [-0.05, 0) is 75.5 Å². The normalized spacial score (nSPS) is 19.3. The molecule has 0 aliphatic carbocycles. The first-order valence-electron chi connectivity index (χ1n) is 11.4. The number of benzene rings is 2. The summed E-state index contributed by atoms with van der Waals surface area (Å²) in [6.45, 7) is 8.20. The summed E-state index contributed by atoms with van der Waals surface area (Å²) in [5.74, 6) is 0.0945. The Balaban J connectivity index is 1.49. The molecule has 5 rings (SSSR count). The average molecular weight is 415 g/mol. The topological polar surface area (TPSA) is 41.4 Å². The highest BCUT2D eigenvalue weighted by atomic mass is 16.2. The minimum Gasteiger partial charge on any atom is -0.337 e. The highest BCUT2D eigenvalue weighted by molar-refractivity contribution is 6.00. The number of nitrogens with zero attached hydrogens (tertiary/aromatic N) is 4. The van der Waals surface area contributed by atoms with Gasteiger partial charge in [0.15, 0.2) is 0 Å². The van der Waals surface area contributed by atoms with Gasteiger partial charge in [0.25, 0.3) is 5.91 Å². The summed E-state index contributed by atoms with van der Waals surface area (Å²) >= 11 is 0. The van der Waals surface area contributed by atoms with Crippen molar-refractivity contribution < 1.29 is 4.79 Å². The monoisotopic (exact) mass is 414 g/mol. The lowest BCUT2D eigenvalue weighted by Gasteiger charge is -2.23. The zero-order chi connectivity index (χ0) is 21.4. The van der Waals surface area contributed by atoms with E-state index in [4.69, 9.17) is 5.10 Å². The van der Waals surface area contributed by atoms with E-state index >= 15 is 0 Å². The second-order valence-electron chi connectivity index (χ2n) is 8.91. The van der Waals surface area contributed by atoms with Crippen molar-refractivity contribution in [1.82, 2.24) is 19.6 Å². The molecular formula is C26H30N4O. The number of hydrogen-bond acceptors (Lipinski definition) is 3. The van der Waals surface area contributed by atoms with Gasteiger partial charge >= 0.3 is 0 Å². The number of aromatic nitrogens is 2. The Labute approximate surface area is 184 Å². The summed E-state index contributed by atoms with van der Waals surface area (Å²) in [6, 6.07) is 16.8. The van der Waals surface area contributed by atoms with Crippen LogP contribution in [0.4, 0.5) is 0 Å². The Morgan fingerprint density at radius 3 is 2.48 bits per heavy atom. The Kier molecular flexibility index (Phi) is 5.36. The lowest BCUT2D eigenvalue weighted by molar-refractivity contribution is 0.0781. The van der Waals surface area contributed by atoms with Crippen LogP contribution in [0.25, 0.3) is 16.9 Å². The standard InChI is InChI=1S/C26H30N4O/c1-19-10-11-21(16-20(19)2)25-24(18-30(27-25)22-8-4-3-5-9-22)26(31)29-15-12-23(17-29)28-13-6-7-14-28/h3-5,8-11,16,18,23H,6-7,12-15,17H2,1-2H3. The molecule has 2 aromatic carbocycles. The van der Waals surface area contributed by atoms with Gasteiger partial charge in [-0.2, -0.15) is 5.10 Å². The second-order valence-corrected chi connectivity index (χ2v) is 8.91. The first kappa shape index (κ1) is 20.0. The first-order chi connectivity index (χ1) is 15.1. The maximum Gasteiger partial charge on any atom is 0.257 e. The summed E-state index contributed by atoms with van der Waals surface area (Å²) in [4.78, 5) is 18.2.